The number of sulfonamides is 1. The highest BCUT2D eigenvalue weighted by Crippen LogP contribution is 2.37. The van der Waals surface area contributed by atoms with E-state index in [1.54, 1.807) is 6.92 Å². The number of amides is 1. The van der Waals surface area contributed by atoms with Crippen molar-refractivity contribution in [1.29, 1.82) is 0 Å². The number of halogens is 2. The first-order valence-electron chi connectivity index (χ1n) is 10.0. The zero-order chi connectivity index (χ0) is 24.6. The minimum Gasteiger partial charge on any atom is -0.505 e. The van der Waals surface area contributed by atoms with Crippen LogP contribution in [0.4, 0.5) is 5.69 Å². The highest BCUT2D eigenvalue weighted by Gasteiger charge is 2.32. The number of nitrogens with one attached hydrogen (secondary N) is 2. The van der Waals surface area contributed by atoms with Crippen molar-refractivity contribution in [2.45, 2.75) is 30.3 Å². The lowest BCUT2D eigenvalue weighted by Crippen LogP contribution is -2.50. The molecule has 0 spiro atoms. The third-order valence-electron chi connectivity index (χ3n) is 5.52. The Morgan fingerprint density at radius 1 is 1.18 bits per heavy atom. The van der Waals surface area contributed by atoms with Crippen molar-refractivity contribution in [3.05, 3.63) is 44.9 Å². The van der Waals surface area contributed by atoms with E-state index < -0.39 is 37.9 Å². The normalized spacial score (nSPS) is 16.4. The summed E-state index contributed by atoms with van der Waals surface area (Å²) in [6, 6.07) is 5.26. The highest BCUT2D eigenvalue weighted by atomic mass is 79.9. The van der Waals surface area contributed by atoms with Crippen LogP contribution in [0.5, 0.6) is 11.5 Å². The van der Waals surface area contributed by atoms with E-state index in [1.165, 1.54) is 18.2 Å². The zero-order valence-electron chi connectivity index (χ0n) is 18.0. The number of piperidine rings is 1. The summed E-state index contributed by atoms with van der Waals surface area (Å²) in [6.45, 7) is 3.02. The SMILES string of the molecule is Cc1cc(NS(=O)(=O)c2cc(Br)cc(Cl)c2O)c(O)c(C(=O)NCC2(O)CCN(C)CC2)c1. The van der Waals surface area contributed by atoms with Gasteiger partial charge in [-0.05, 0) is 56.6 Å². The zero-order valence-corrected chi connectivity index (χ0v) is 21.2. The van der Waals surface area contributed by atoms with E-state index in [0.29, 0.717) is 36.0 Å². The molecule has 0 bridgehead atoms. The first-order chi connectivity index (χ1) is 15.3. The molecule has 5 N–H and O–H groups in total. The highest BCUT2D eigenvalue weighted by molar-refractivity contribution is 9.10. The van der Waals surface area contributed by atoms with Crippen molar-refractivity contribution in [2.24, 2.45) is 0 Å². The molecule has 2 aromatic carbocycles. The van der Waals surface area contributed by atoms with Crippen molar-refractivity contribution < 1.29 is 28.5 Å². The second kappa shape index (κ2) is 9.67. The molecule has 1 amide bonds. The maximum absolute atomic E-state index is 12.9. The van der Waals surface area contributed by atoms with Crippen LogP contribution in [0.3, 0.4) is 0 Å². The van der Waals surface area contributed by atoms with Crippen LogP contribution in [0.1, 0.15) is 28.8 Å². The number of benzene rings is 2. The number of anilines is 1. The lowest BCUT2D eigenvalue weighted by molar-refractivity contribution is -0.0135. The standard InChI is InChI=1S/C21H25BrClN3O6S/c1-12-7-14(20(29)24-11-21(30)3-5-26(2)6-4-21)18(27)16(8-12)25-33(31,32)17-10-13(22)9-15(23)19(17)28/h7-10,25,27-28,30H,3-6,11H2,1-2H3,(H,24,29). The Labute approximate surface area is 205 Å². The van der Waals surface area contributed by atoms with E-state index in [2.05, 4.69) is 30.9 Å². The van der Waals surface area contributed by atoms with Gasteiger partial charge < -0.3 is 25.5 Å². The van der Waals surface area contributed by atoms with Gasteiger partial charge in [-0.25, -0.2) is 8.42 Å². The molecule has 0 aliphatic carbocycles. The summed E-state index contributed by atoms with van der Waals surface area (Å²) in [5.41, 5.74) is -0.941. The van der Waals surface area contributed by atoms with Gasteiger partial charge >= 0.3 is 0 Å². The largest absolute Gasteiger partial charge is 0.505 e. The first kappa shape index (κ1) is 25.6. The van der Waals surface area contributed by atoms with Crippen molar-refractivity contribution in [2.75, 3.05) is 31.4 Å². The topological polar surface area (TPSA) is 139 Å². The molecule has 0 radical (unpaired) electrons. The molecule has 9 nitrogen and oxygen atoms in total. The molecule has 1 aliphatic rings. The van der Waals surface area contributed by atoms with E-state index in [1.807, 2.05) is 7.05 Å². The molecule has 3 rings (SSSR count). The molecule has 0 atom stereocenters. The van der Waals surface area contributed by atoms with E-state index in [9.17, 15) is 28.5 Å². The third-order valence-corrected chi connectivity index (χ3v) is 7.65. The molecule has 1 heterocycles. The summed E-state index contributed by atoms with van der Waals surface area (Å²) in [6.07, 6.45) is 0.987. The molecule has 12 heteroatoms. The van der Waals surface area contributed by atoms with Gasteiger partial charge in [0.25, 0.3) is 15.9 Å². The molecule has 0 saturated carbocycles. The number of aliphatic hydroxyl groups is 1. The second-order valence-electron chi connectivity index (χ2n) is 8.26. The summed E-state index contributed by atoms with van der Waals surface area (Å²) >= 11 is 9.00. The monoisotopic (exact) mass is 561 g/mol. The number of nitrogens with zero attached hydrogens (tertiary/aromatic N) is 1. The molecular formula is C21H25BrClN3O6S. The Morgan fingerprint density at radius 3 is 2.45 bits per heavy atom. The maximum atomic E-state index is 12.9. The molecule has 0 aromatic heterocycles. The molecule has 33 heavy (non-hydrogen) atoms. The summed E-state index contributed by atoms with van der Waals surface area (Å²) < 4.78 is 28.3. The van der Waals surface area contributed by atoms with Crippen LogP contribution < -0.4 is 10.0 Å². The fourth-order valence-corrected chi connectivity index (χ4v) is 5.75. The van der Waals surface area contributed by atoms with Gasteiger partial charge in [0.05, 0.1) is 21.9 Å². The predicted octanol–water partition coefficient (Wildman–Crippen LogP) is 2.81. The number of rotatable bonds is 6. The van der Waals surface area contributed by atoms with Gasteiger partial charge in [0.15, 0.2) is 11.5 Å². The van der Waals surface area contributed by atoms with E-state index in [0.717, 1.165) is 6.07 Å². The number of phenolic OH excluding ortho intramolecular Hbond substituents is 2. The van der Waals surface area contributed by atoms with E-state index in [4.69, 9.17) is 11.6 Å². The first-order valence-corrected chi connectivity index (χ1v) is 12.7. The van der Waals surface area contributed by atoms with Crippen molar-refractivity contribution in [3.63, 3.8) is 0 Å². The van der Waals surface area contributed by atoms with Gasteiger partial charge in [0, 0.05) is 24.1 Å². The molecule has 0 unspecified atom stereocenters. The molecule has 1 aliphatic heterocycles. The summed E-state index contributed by atoms with van der Waals surface area (Å²) in [5.74, 6) is -1.89. The van der Waals surface area contributed by atoms with Crippen molar-refractivity contribution >= 4 is 49.1 Å². The number of carbonyl (C=O) groups is 1. The number of aromatic hydroxyl groups is 2. The predicted molar refractivity (Wildman–Crippen MR) is 128 cm³/mol. The Bertz CT molecular complexity index is 1180. The maximum Gasteiger partial charge on any atom is 0.265 e. The Kier molecular flexibility index (Phi) is 7.49. The smallest absolute Gasteiger partial charge is 0.265 e. The lowest BCUT2D eigenvalue weighted by atomic mass is 9.91. The molecule has 2 aromatic rings. The Hall–Kier alpha value is -2.05. The molecule has 1 fully saturated rings. The van der Waals surface area contributed by atoms with Gasteiger partial charge in [-0.3, -0.25) is 9.52 Å². The summed E-state index contributed by atoms with van der Waals surface area (Å²) in [4.78, 5) is 14.3. The second-order valence-corrected chi connectivity index (χ2v) is 11.2. The van der Waals surface area contributed by atoms with Crippen molar-refractivity contribution in [3.8, 4) is 11.5 Å². The van der Waals surface area contributed by atoms with Crippen LogP contribution in [0.25, 0.3) is 0 Å². The number of likely N-dealkylation sites (tertiary alicyclic amines) is 1. The lowest BCUT2D eigenvalue weighted by Gasteiger charge is -2.36. The number of carbonyl (C=O) groups excluding carboxylic acids is 1. The van der Waals surface area contributed by atoms with Crippen LogP contribution in [0, 0.1) is 6.92 Å². The minimum absolute atomic E-state index is 0.00146. The summed E-state index contributed by atoms with van der Waals surface area (Å²) in [7, 11) is -2.41. The van der Waals surface area contributed by atoms with Crippen LogP contribution in [0.15, 0.2) is 33.6 Å². The number of aryl methyl sites for hydroxylation is 1. The van der Waals surface area contributed by atoms with Crippen molar-refractivity contribution in [1.82, 2.24) is 10.2 Å². The molecule has 1 saturated heterocycles. The minimum atomic E-state index is -4.37. The van der Waals surface area contributed by atoms with Crippen LogP contribution in [-0.4, -0.2) is 66.8 Å². The quantitative estimate of drug-likeness (QED) is 0.341. The van der Waals surface area contributed by atoms with Gasteiger partial charge in [-0.2, -0.15) is 0 Å². The summed E-state index contributed by atoms with van der Waals surface area (Å²) in [5, 5.41) is 33.9. The number of hydrogen-bond donors (Lipinski definition) is 5. The van der Waals surface area contributed by atoms with Gasteiger partial charge in [-0.1, -0.05) is 27.5 Å². The van der Waals surface area contributed by atoms with Crippen LogP contribution in [0.2, 0.25) is 5.02 Å². The average Bonchev–Trinajstić information content (AvgIpc) is 2.73. The van der Waals surface area contributed by atoms with Crippen LogP contribution in [-0.2, 0) is 10.0 Å². The van der Waals surface area contributed by atoms with E-state index in [-0.39, 0.29) is 22.8 Å². The van der Waals surface area contributed by atoms with Crippen LogP contribution >= 0.6 is 27.5 Å². The Morgan fingerprint density at radius 2 is 1.82 bits per heavy atom. The van der Waals surface area contributed by atoms with Gasteiger partial charge in [-0.15, -0.1) is 0 Å². The third kappa shape index (κ3) is 5.90. The number of hydrogen-bond acceptors (Lipinski definition) is 7. The molecular weight excluding hydrogens is 538 g/mol. The fraction of sp³-hybridized carbons (Fsp3) is 0.381. The van der Waals surface area contributed by atoms with Gasteiger partial charge in [0.2, 0.25) is 0 Å². The molecule has 180 valence electrons. The Balaban J connectivity index is 1.84. The van der Waals surface area contributed by atoms with E-state index >= 15 is 0 Å². The number of phenols is 2. The van der Waals surface area contributed by atoms with Gasteiger partial charge in [0.1, 0.15) is 4.90 Å². The fourth-order valence-electron chi connectivity index (χ4n) is 3.53. The average molecular weight is 563 g/mol.